The Morgan fingerprint density at radius 1 is 0.400 bits per heavy atom. The van der Waals surface area contributed by atoms with Crippen LogP contribution in [0.15, 0.2) is 164 Å². The van der Waals surface area contributed by atoms with Gasteiger partial charge in [0.05, 0.1) is 11.0 Å². The summed E-state index contributed by atoms with van der Waals surface area (Å²) >= 11 is 0. The standard InChI is InChI=1S/C83H102N2/c1-10-14-18-22-24-31-55-83(56-32-25-23-19-15-11-2)76-53-52-72-75-58-65(63-33-29-26-30-34-63)42-54-78(75)85(81(72)80(76)73-51-39-62(6)57-77(73)83)79-60-66(35-27-20-16-12-3)74(59-67(79)36-28-21-17-13-4)64-40-47-70(48-41-64)84(69-45-37-61(5)38-46-69)71-49-43-68(44-50-71)82(7,8)9/h26,29-30,33-34,37-54,57-60H,10-25,27-28,31-32,35-36,55-56H2,1-9H3. The Bertz CT molecular complexity index is 3570. The number of nitrogens with zero attached hydrogens (tertiary/aromatic N) is 2. The second kappa shape index (κ2) is 28.7. The molecule has 0 spiro atoms. The van der Waals surface area contributed by atoms with Gasteiger partial charge in [-0.15, -0.1) is 0 Å². The minimum Gasteiger partial charge on any atom is -0.311 e. The Morgan fingerprint density at radius 2 is 0.929 bits per heavy atom. The van der Waals surface area contributed by atoms with Crippen LogP contribution in [0.5, 0.6) is 0 Å². The molecule has 0 aliphatic heterocycles. The highest BCUT2D eigenvalue weighted by atomic mass is 15.1. The highest BCUT2D eigenvalue weighted by Gasteiger charge is 2.44. The van der Waals surface area contributed by atoms with Crippen LogP contribution in [0, 0.1) is 13.8 Å². The lowest BCUT2D eigenvalue weighted by atomic mass is 9.70. The van der Waals surface area contributed by atoms with Crippen LogP contribution in [0.1, 0.15) is 229 Å². The van der Waals surface area contributed by atoms with Gasteiger partial charge in [0.1, 0.15) is 0 Å². The lowest BCUT2D eigenvalue weighted by molar-refractivity contribution is 0.398. The van der Waals surface area contributed by atoms with Gasteiger partial charge in [0.25, 0.3) is 0 Å². The van der Waals surface area contributed by atoms with Crippen LogP contribution in [0.2, 0.25) is 0 Å². The van der Waals surface area contributed by atoms with E-state index in [0.717, 1.165) is 12.8 Å². The molecule has 444 valence electrons. The molecular formula is C83H102N2. The number of anilines is 3. The maximum absolute atomic E-state index is 2.81. The molecule has 0 saturated heterocycles. The Labute approximate surface area is 514 Å². The van der Waals surface area contributed by atoms with Crippen LogP contribution in [-0.4, -0.2) is 4.57 Å². The predicted molar refractivity (Wildman–Crippen MR) is 372 cm³/mol. The minimum absolute atomic E-state index is 0.0226. The van der Waals surface area contributed by atoms with Crippen molar-refractivity contribution in [3.8, 4) is 39.1 Å². The third-order valence-electron chi connectivity index (χ3n) is 19.3. The van der Waals surface area contributed by atoms with Crippen LogP contribution in [0.25, 0.3) is 60.9 Å². The molecule has 1 heterocycles. The third kappa shape index (κ3) is 13.8. The van der Waals surface area contributed by atoms with Crippen molar-refractivity contribution in [1.29, 1.82) is 0 Å². The highest BCUT2D eigenvalue weighted by Crippen LogP contribution is 2.58. The average Bonchev–Trinajstić information content (AvgIpc) is 1.56. The summed E-state index contributed by atoms with van der Waals surface area (Å²) in [6.45, 7) is 20.8. The zero-order chi connectivity index (χ0) is 59.3. The molecule has 0 unspecified atom stereocenters. The molecule has 8 aromatic carbocycles. The molecule has 1 aromatic heterocycles. The van der Waals surface area contributed by atoms with Crippen molar-refractivity contribution in [1.82, 2.24) is 4.57 Å². The molecule has 0 saturated carbocycles. The Morgan fingerprint density at radius 3 is 1.53 bits per heavy atom. The molecule has 85 heavy (non-hydrogen) atoms. The van der Waals surface area contributed by atoms with Crippen molar-refractivity contribution in [2.24, 2.45) is 0 Å². The molecule has 2 heteroatoms. The summed E-state index contributed by atoms with van der Waals surface area (Å²) in [6.07, 6.45) is 30.1. The molecule has 0 atom stereocenters. The number of unbranched alkanes of at least 4 members (excludes halogenated alkanes) is 16. The second-order valence-corrected chi connectivity index (χ2v) is 26.8. The van der Waals surface area contributed by atoms with Crippen molar-refractivity contribution in [3.63, 3.8) is 0 Å². The molecular weight excluding hydrogens is 1020 g/mol. The van der Waals surface area contributed by atoms with Crippen molar-refractivity contribution < 1.29 is 0 Å². The van der Waals surface area contributed by atoms with Gasteiger partial charge in [-0.2, -0.15) is 0 Å². The van der Waals surface area contributed by atoms with Crippen molar-refractivity contribution in [2.45, 2.75) is 227 Å². The van der Waals surface area contributed by atoms with E-state index in [1.807, 2.05) is 0 Å². The Balaban J connectivity index is 1.19. The number of aryl methyl sites for hydroxylation is 4. The summed E-state index contributed by atoms with van der Waals surface area (Å²) in [5.74, 6) is 0. The van der Waals surface area contributed by atoms with E-state index in [2.05, 4.69) is 236 Å². The lowest BCUT2D eigenvalue weighted by Crippen LogP contribution is -2.25. The van der Waals surface area contributed by atoms with Crippen molar-refractivity contribution >= 4 is 38.9 Å². The van der Waals surface area contributed by atoms with Gasteiger partial charge >= 0.3 is 0 Å². The summed E-state index contributed by atoms with van der Waals surface area (Å²) in [4.78, 5) is 2.43. The van der Waals surface area contributed by atoms with Crippen LogP contribution in [-0.2, 0) is 23.7 Å². The summed E-state index contributed by atoms with van der Waals surface area (Å²) in [6, 6.07) is 64.6. The molecule has 9 aromatic rings. The smallest absolute Gasteiger partial charge is 0.0622 e. The summed E-state index contributed by atoms with van der Waals surface area (Å²) in [7, 11) is 0. The fourth-order valence-electron chi connectivity index (χ4n) is 14.4. The average molecular weight is 1130 g/mol. The van der Waals surface area contributed by atoms with Gasteiger partial charge in [-0.3, -0.25) is 0 Å². The molecule has 0 fully saturated rings. The van der Waals surface area contributed by atoms with Crippen LogP contribution in [0.4, 0.5) is 17.1 Å². The van der Waals surface area contributed by atoms with Crippen molar-refractivity contribution in [2.75, 3.05) is 4.90 Å². The maximum atomic E-state index is 2.81. The first kappa shape index (κ1) is 61.4. The molecule has 0 radical (unpaired) electrons. The number of rotatable bonds is 30. The van der Waals surface area contributed by atoms with Crippen LogP contribution in [0.3, 0.4) is 0 Å². The van der Waals surface area contributed by atoms with Crippen LogP contribution < -0.4 is 4.90 Å². The zero-order valence-corrected chi connectivity index (χ0v) is 54.0. The van der Waals surface area contributed by atoms with E-state index in [1.54, 1.807) is 11.1 Å². The predicted octanol–water partition coefficient (Wildman–Crippen LogP) is 25.5. The number of benzene rings is 8. The number of aromatic nitrogens is 1. The quantitative estimate of drug-likeness (QED) is 0.0408. The van der Waals surface area contributed by atoms with E-state index in [4.69, 9.17) is 0 Å². The number of fused-ring (bicyclic) bond motifs is 7. The van der Waals surface area contributed by atoms with Crippen molar-refractivity contribution in [3.05, 3.63) is 203 Å². The highest BCUT2D eigenvalue weighted by molar-refractivity contribution is 6.16. The van der Waals surface area contributed by atoms with Gasteiger partial charge in [-0.1, -0.05) is 278 Å². The monoisotopic (exact) mass is 1130 g/mol. The summed E-state index contributed by atoms with van der Waals surface area (Å²) in [5.41, 5.74) is 26.0. The van der Waals surface area contributed by atoms with E-state index in [0.29, 0.717) is 0 Å². The van der Waals surface area contributed by atoms with Gasteiger partial charge in [0, 0.05) is 44.5 Å². The van der Waals surface area contributed by atoms with Crippen LogP contribution >= 0.6 is 0 Å². The van der Waals surface area contributed by atoms with Gasteiger partial charge in [-0.25, -0.2) is 0 Å². The van der Waals surface area contributed by atoms with E-state index < -0.39 is 0 Å². The lowest BCUT2D eigenvalue weighted by Gasteiger charge is -2.33. The largest absolute Gasteiger partial charge is 0.311 e. The molecule has 0 N–H and O–H groups in total. The minimum atomic E-state index is -0.0226. The number of hydrogen-bond donors (Lipinski definition) is 0. The molecule has 2 nitrogen and oxygen atoms in total. The Kier molecular flexibility index (Phi) is 20.7. The third-order valence-corrected chi connectivity index (χ3v) is 19.3. The number of hydrogen-bond acceptors (Lipinski definition) is 1. The van der Waals surface area contributed by atoms with E-state index in [-0.39, 0.29) is 10.8 Å². The Hall–Kier alpha value is -6.64. The fourth-order valence-corrected chi connectivity index (χ4v) is 14.4. The van der Waals surface area contributed by atoms with E-state index in [9.17, 15) is 0 Å². The molecule has 0 amide bonds. The first-order valence-corrected chi connectivity index (χ1v) is 34.0. The zero-order valence-electron chi connectivity index (χ0n) is 54.0. The normalized spacial score (nSPS) is 12.8. The van der Waals surface area contributed by atoms with Gasteiger partial charge < -0.3 is 9.47 Å². The second-order valence-electron chi connectivity index (χ2n) is 26.8. The summed E-state index contributed by atoms with van der Waals surface area (Å²) in [5, 5.41) is 2.73. The van der Waals surface area contributed by atoms with E-state index in [1.165, 1.54) is 247 Å². The fraction of sp³-hybridized carbons (Fsp3) is 0.422. The topological polar surface area (TPSA) is 8.17 Å². The molecule has 0 bridgehead atoms. The van der Waals surface area contributed by atoms with E-state index >= 15 is 0 Å². The molecule has 1 aliphatic rings. The maximum Gasteiger partial charge on any atom is 0.0622 e. The first-order chi connectivity index (χ1) is 41.5. The van der Waals surface area contributed by atoms with Gasteiger partial charge in [0.2, 0.25) is 0 Å². The van der Waals surface area contributed by atoms with Gasteiger partial charge in [-0.05, 0) is 174 Å². The van der Waals surface area contributed by atoms with Gasteiger partial charge in [0.15, 0.2) is 0 Å². The molecule has 1 aliphatic carbocycles. The summed E-state index contributed by atoms with van der Waals surface area (Å²) < 4.78 is 2.81. The SMILES string of the molecule is CCCCCCCCC1(CCCCCCCC)c2cc(C)ccc2-c2c1ccc1c3cc(-c4ccccc4)ccc3n(-c3cc(CCCCCC)c(-c4ccc(N(c5ccc(C)cc5)c5ccc(C(C)(C)C)cc5)cc4)cc3CCCCCC)c21. The molecule has 10 rings (SSSR count). The first-order valence-electron chi connectivity index (χ1n) is 34.0.